The standard InChI is InChI=1S/C17H25NO2.2C17H26O3.C15H24N2O/c1-13(18)10-17(19)15-8-5-9-16(11-15)20-12-14-6-3-2-4-7-14;2*1-2-5-17(19)14-7-4-9-16(11-14)20-12-13-6-3-8-15(18)10-13;16-9-10-17-14-7-4-8-15(11-14)18-12-13-5-2-1-3-6-13/h5,8-9,11,14,17-19H,2-4,6-7,10,12H2,1H3;2*4,7,9,11,13,15,17-19H,2-3,5-6,8,10,12H2,1H3;4,7-8,11,13,17H,1-3,5-6,9-10,12,16H2/t;13-,15+,17+;13-,15+,17-;/m.01./s1. The van der Waals surface area contributed by atoms with E-state index < -0.39 is 18.3 Å². The molecule has 4 saturated carbocycles. The minimum Gasteiger partial charge on any atom is -0.493 e. The maximum absolute atomic E-state index is 10.0. The molecule has 0 bridgehead atoms. The number of ether oxygens (including phenoxy) is 4. The Balaban J connectivity index is 0.000000192. The van der Waals surface area contributed by atoms with Crippen LogP contribution in [-0.2, 0) is 0 Å². The molecule has 0 spiro atoms. The molecule has 8 rings (SSSR count). The van der Waals surface area contributed by atoms with E-state index in [-0.39, 0.29) is 12.2 Å². The summed E-state index contributed by atoms with van der Waals surface area (Å²) in [6.45, 7) is 10.3. The van der Waals surface area contributed by atoms with Gasteiger partial charge in [-0.15, -0.1) is 0 Å². The third-order valence-electron chi connectivity index (χ3n) is 15.6. The van der Waals surface area contributed by atoms with Gasteiger partial charge in [0.25, 0.3) is 0 Å². The zero-order valence-corrected chi connectivity index (χ0v) is 47.9. The zero-order chi connectivity index (χ0) is 55.7. The lowest BCUT2D eigenvalue weighted by atomic mass is 9.88. The summed E-state index contributed by atoms with van der Waals surface area (Å²) >= 11 is 0. The smallest absolute Gasteiger partial charge is 0.121 e. The summed E-state index contributed by atoms with van der Waals surface area (Å²) in [4.78, 5) is 0. The molecule has 4 aliphatic carbocycles. The Morgan fingerprint density at radius 3 is 1.27 bits per heavy atom. The number of rotatable bonds is 24. The number of aliphatic hydroxyl groups excluding tert-OH is 5. The van der Waals surface area contributed by atoms with Gasteiger partial charge in [-0.3, -0.25) is 0 Å². The molecule has 4 fully saturated rings. The van der Waals surface area contributed by atoms with E-state index in [1.54, 1.807) is 6.92 Å². The number of hydrogen-bond acceptors (Lipinski definition) is 12. The van der Waals surface area contributed by atoms with Crippen LogP contribution in [0.15, 0.2) is 97.1 Å². The van der Waals surface area contributed by atoms with Gasteiger partial charge < -0.3 is 60.9 Å². The van der Waals surface area contributed by atoms with Gasteiger partial charge in [0.15, 0.2) is 0 Å². The van der Waals surface area contributed by atoms with Crippen molar-refractivity contribution in [3.8, 4) is 23.0 Å². The minimum atomic E-state index is -0.606. The van der Waals surface area contributed by atoms with Gasteiger partial charge in [-0.1, -0.05) is 121 Å². The maximum Gasteiger partial charge on any atom is 0.121 e. The number of anilines is 1. The molecule has 12 nitrogen and oxygen atoms in total. The number of aliphatic hydroxyl groups is 5. The fourth-order valence-corrected chi connectivity index (χ4v) is 11.0. The van der Waals surface area contributed by atoms with Gasteiger partial charge in [0.1, 0.15) is 23.0 Å². The summed E-state index contributed by atoms with van der Waals surface area (Å²) in [6, 6.07) is 31.3. The average Bonchev–Trinajstić information content (AvgIpc) is 3.46. The van der Waals surface area contributed by atoms with Gasteiger partial charge >= 0.3 is 0 Å². The Morgan fingerprint density at radius 1 is 0.513 bits per heavy atom. The molecule has 0 aliphatic heterocycles. The topological polar surface area (TPSA) is 200 Å². The molecule has 12 heteroatoms. The molecule has 1 unspecified atom stereocenters. The lowest BCUT2D eigenvalue weighted by Gasteiger charge is -2.25. The van der Waals surface area contributed by atoms with Gasteiger partial charge in [-0.25, -0.2) is 0 Å². The van der Waals surface area contributed by atoms with Crippen molar-refractivity contribution in [3.63, 3.8) is 0 Å². The minimum absolute atomic E-state index is 0.157. The molecule has 0 heterocycles. The fourth-order valence-electron chi connectivity index (χ4n) is 11.0. The molecule has 78 heavy (non-hydrogen) atoms. The fraction of sp³-hybridized carbons (Fsp3) is 0.621. The molecule has 4 aromatic rings. The first kappa shape index (κ1) is 64.1. The highest BCUT2D eigenvalue weighted by Gasteiger charge is 2.23. The number of hydrogen-bond donors (Lipinski definition) is 8. The normalized spacial score (nSPS) is 20.8. The number of nitrogens with one attached hydrogen (secondary N) is 2. The van der Waals surface area contributed by atoms with Crippen LogP contribution in [-0.4, -0.2) is 83.0 Å². The first-order valence-corrected chi connectivity index (χ1v) is 30.2. The molecule has 434 valence electrons. The summed E-state index contributed by atoms with van der Waals surface area (Å²) in [7, 11) is 0. The van der Waals surface area contributed by atoms with Crippen LogP contribution in [0.1, 0.15) is 203 Å². The van der Waals surface area contributed by atoms with Crippen molar-refractivity contribution in [2.45, 2.75) is 199 Å². The highest BCUT2D eigenvalue weighted by atomic mass is 16.5. The van der Waals surface area contributed by atoms with Crippen LogP contribution in [0, 0.1) is 29.1 Å². The van der Waals surface area contributed by atoms with Crippen molar-refractivity contribution in [1.82, 2.24) is 0 Å². The Kier molecular flexibility index (Phi) is 30.7. The van der Waals surface area contributed by atoms with Crippen LogP contribution >= 0.6 is 0 Å². The summed E-state index contributed by atoms with van der Waals surface area (Å²) < 4.78 is 23.5. The van der Waals surface area contributed by atoms with E-state index in [1.807, 2.05) is 91.0 Å². The van der Waals surface area contributed by atoms with Crippen LogP contribution in [0.2, 0.25) is 0 Å². The van der Waals surface area contributed by atoms with E-state index in [9.17, 15) is 25.5 Å². The third-order valence-corrected chi connectivity index (χ3v) is 15.6. The van der Waals surface area contributed by atoms with Crippen LogP contribution in [0.5, 0.6) is 23.0 Å². The molecule has 4 aliphatic rings. The van der Waals surface area contributed by atoms with Gasteiger partial charge in [0, 0.05) is 37.0 Å². The Morgan fingerprint density at radius 2 is 0.885 bits per heavy atom. The van der Waals surface area contributed by atoms with Crippen LogP contribution in [0.3, 0.4) is 0 Å². The molecule has 0 aromatic heterocycles. The van der Waals surface area contributed by atoms with Crippen LogP contribution < -0.4 is 30.0 Å². The predicted molar refractivity (Wildman–Crippen MR) is 317 cm³/mol. The molecule has 4 aromatic carbocycles. The molecule has 7 atom stereocenters. The van der Waals surface area contributed by atoms with Crippen molar-refractivity contribution in [1.29, 1.82) is 5.41 Å². The van der Waals surface area contributed by atoms with E-state index >= 15 is 0 Å². The monoisotopic (exact) mass is 1080 g/mol. The lowest BCUT2D eigenvalue weighted by Crippen LogP contribution is -2.24. The zero-order valence-electron chi connectivity index (χ0n) is 47.9. The molecular formula is C66H101N3O9. The number of nitrogens with two attached hydrogens (primary N) is 1. The average molecular weight is 1080 g/mol. The van der Waals surface area contributed by atoms with E-state index in [0.717, 1.165) is 148 Å². The van der Waals surface area contributed by atoms with Crippen molar-refractivity contribution in [2.75, 3.05) is 44.8 Å². The highest BCUT2D eigenvalue weighted by Crippen LogP contribution is 2.31. The quantitative estimate of drug-likeness (QED) is 0.0311. The molecule has 0 amide bonds. The molecule has 9 N–H and O–H groups in total. The second-order valence-electron chi connectivity index (χ2n) is 22.7. The van der Waals surface area contributed by atoms with Gasteiger partial charge in [0.2, 0.25) is 0 Å². The predicted octanol–water partition coefficient (Wildman–Crippen LogP) is 14.0. The first-order valence-electron chi connectivity index (χ1n) is 30.2. The summed E-state index contributed by atoms with van der Waals surface area (Å²) in [5, 5.41) is 60.1. The number of benzene rings is 4. The largest absolute Gasteiger partial charge is 0.493 e. The van der Waals surface area contributed by atoms with E-state index in [0.29, 0.717) is 49.6 Å². The van der Waals surface area contributed by atoms with Gasteiger partial charge in [0.05, 0.1) is 56.9 Å². The van der Waals surface area contributed by atoms with E-state index in [1.165, 1.54) is 64.2 Å². The summed E-state index contributed by atoms with van der Waals surface area (Å²) in [6.07, 6.45) is 23.5. The Bertz CT molecular complexity index is 2140. The SMILES string of the molecule is CC(=N)CC(O)c1cccc(OCC2CCCCC2)c1.CCC[C@@H](O)c1cccc(OC[C@@H]2CCC[C@H](O)C2)c1.CCC[C@@H](O)c1cccc(OC[C@H]2CCC[C@@H](O)C2)c1.NCCNc1cccc(OCC2CCCCC2)c1. The van der Waals surface area contributed by atoms with E-state index in [4.69, 9.17) is 30.1 Å². The maximum atomic E-state index is 10.0. The van der Waals surface area contributed by atoms with Crippen LogP contribution in [0.25, 0.3) is 0 Å². The molecule has 0 radical (unpaired) electrons. The summed E-state index contributed by atoms with van der Waals surface area (Å²) in [5.41, 5.74) is 9.73. The van der Waals surface area contributed by atoms with Crippen molar-refractivity contribution in [2.24, 2.45) is 29.4 Å². The Hall–Kier alpha value is -4.69. The van der Waals surface area contributed by atoms with Crippen molar-refractivity contribution in [3.05, 3.63) is 114 Å². The molecule has 0 saturated heterocycles. The Labute approximate surface area is 469 Å². The second kappa shape index (κ2) is 37.3. The highest BCUT2D eigenvalue weighted by molar-refractivity contribution is 5.79. The first-order chi connectivity index (χ1) is 37.9. The van der Waals surface area contributed by atoms with Gasteiger partial charge in [-0.2, -0.15) is 0 Å². The van der Waals surface area contributed by atoms with Crippen LogP contribution in [0.4, 0.5) is 5.69 Å². The third kappa shape index (κ3) is 25.6. The second-order valence-corrected chi connectivity index (χ2v) is 22.7. The van der Waals surface area contributed by atoms with Gasteiger partial charge in [-0.05, 0) is 173 Å². The summed E-state index contributed by atoms with van der Waals surface area (Å²) in [5.74, 6) is 5.75. The van der Waals surface area contributed by atoms with Crippen molar-refractivity contribution < 1.29 is 44.5 Å². The van der Waals surface area contributed by atoms with Crippen molar-refractivity contribution >= 4 is 11.4 Å². The molecular weight excluding hydrogens is 979 g/mol. The van der Waals surface area contributed by atoms with E-state index in [2.05, 4.69) is 25.2 Å². The lowest BCUT2D eigenvalue weighted by molar-refractivity contribution is 0.0807.